The quantitative estimate of drug-likeness (QED) is 0.317. The van der Waals surface area contributed by atoms with E-state index < -0.39 is 0 Å². The van der Waals surface area contributed by atoms with Gasteiger partial charge in [0.05, 0.1) is 5.71 Å². The maximum absolute atomic E-state index is 12.7. The highest BCUT2D eigenvalue weighted by Crippen LogP contribution is 2.16. The summed E-state index contributed by atoms with van der Waals surface area (Å²) in [4.78, 5) is 12.7. The van der Waals surface area contributed by atoms with Crippen molar-refractivity contribution in [1.29, 1.82) is 0 Å². The Morgan fingerprint density at radius 2 is 1.31 bits per heavy atom. The molecule has 4 nitrogen and oxygen atoms in total. The lowest BCUT2D eigenvalue weighted by molar-refractivity contribution is 0.103. The smallest absolute Gasteiger partial charge is 0.193 e. The first-order chi connectivity index (χ1) is 12.6. The van der Waals surface area contributed by atoms with E-state index >= 15 is 0 Å². The van der Waals surface area contributed by atoms with Crippen LogP contribution in [-0.4, -0.2) is 16.6 Å². The monoisotopic (exact) mass is 359 g/mol. The van der Waals surface area contributed by atoms with Gasteiger partial charge in [0.15, 0.2) is 10.9 Å². The number of ketones is 1. The van der Waals surface area contributed by atoms with Crippen LogP contribution in [0.25, 0.3) is 0 Å². The molecule has 0 saturated heterocycles. The van der Waals surface area contributed by atoms with E-state index in [1.54, 1.807) is 18.2 Å². The summed E-state index contributed by atoms with van der Waals surface area (Å²) in [5.41, 5.74) is 11.7. The predicted molar refractivity (Wildman–Crippen MR) is 108 cm³/mol. The van der Waals surface area contributed by atoms with E-state index in [0.717, 1.165) is 11.1 Å². The standard InChI is InChI=1S/C21H17N3OS/c22-21(26)24-23-19(15-8-3-1-4-9-15)17-12-7-13-18(14-17)20(25)16-10-5-2-6-11-16/h1-14H,(H3,22,24,26)/b23-19-. The van der Waals surface area contributed by atoms with Gasteiger partial charge in [-0.25, -0.2) is 0 Å². The zero-order chi connectivity index (χ0) is 18.4. The Bertz CT molecular complexity index is 953. The van der Waals surface area contributed by atoms with Gasteiger partial charge in [0.2, 0.25) is 0 Å². The summed E-state index contributed by atoms with van der Waals surface area (Å²) < 4.78 is 0. The first-order valence-electron chi connectivity index (χ1n) is 8.04. The molecule has 0 aliphatic heterocycles. The molecule has 0 aliphatic carbocycles. The van der Waals surface area contributed by atoms with Gasteiger partial charge < -0.3 is 5.73 Å². The van der Waals surface area contributed by atoms with Crippen molar-refractivity contribution in [3.8, 4) is 0 Å². The van der Waals surface area contributed by atoms with E-state index in [0.29, 0.717) is 16.8 Å². The molecule has 5 heteroatoms. The van der Waals surface area contributed by atoms with Crippen molar-refractivity contribution in [2.75, 3.05) is 0 Å². The lowest BCUT2D eigenvalue weighted by Crippen LogP contribution is -2.26. The van der Waals surface area contributed by atoms with Crippen LogP contribution in [-0.2, 0) is 0 Å². The molecule has 0 fully saturated rings. The van der Waals surface area contributed by atoms with E-state index in [9.17, 15) is 4.79 Å². The lowest BCUT2D eigenvalue weighted by atomic mass is 9.97. The molecule has 3 aromatic carbocycles. The van der Waals surface area contributed by atoms with Gasteiger partial charge in [-0.05, 0) is 18.3 Å². The number of rotatable bonds is 5. The second-order valence-corrected chi connectivity index (χ2v) is 6.02. The molecule has 0 unspecified atom stereocenters. The van der Waals surface area contributed by atoms with Gasteiger partial charge in [-0.3, -0.25) is 10.2 Å². The van der Waals surface area contributed by atoms with Gasteiger partial charge in [-0.2, -0.15) is 5.10 Å². The lowest BCUT2D eigenvalue weighted by Gasteiger charge is -2.09. The van der Waals surface area contributed by atoms with Gasteiger partial charge in [0.1, 0.15) is 0 Å². The van der Waals surface area contributed by atoms with E-state index in [1.165, 1.54) is 0 Å². The fourth-order valence-electron chi connectivity index (χ4n) is 2.57. The molecule has 0 spiro atoms. The number of benzene rings is 3. The Kier molecular flexibility index (Phi) is 5.51. The number of carbonyl (C=O) groups excluding carboxylic acids is 1. The molecule has 26 heavy (non-hydrogen) atoms. The number of nitrogens with zero attached hydrogens (tertiary/aromatic N) is 1. The van der Waals surface area contributed by atoms with E-state index in [1.807, 2.05) is 66.7 Å². The van der Waals surface area contributed by atoms with E-state index in [2.05, 4.69) is 10.5 Å². The highest BCUT2D eigenvalue weighted by Gasteiger charge is 2.12. The zero-order valence-corrected chi connectivity index (χ0v) is 14.7. The summed E-state index contributed by atoms with van der Waals surface area (Å²) in [6.07, 6.45) is 0. The third-order valence-corrected chi connectivity index (χ3v) is 3.85. The van der Waals surface area contributed by atoms with Gasteiger partial charge >= 0.3 is 0 Å². The van der Waals surface area contributed by atoms with Crippen LogP contribution in [0.4, 0.5) is 0 Å². The van der Waals surface area contributed by atoms with Crippen LogP contribution in [0.5, 0.6) is 0 Å². The van der Waals surface area contributed by atoms with Crippen LogP contribution in [0.1, 0.15) is 27.0 Å². The van der Waals surface area contributed by atoms with Crippen molar-refractivity contribution < 1.29 is 4.79 Å². The second kappa shape index (κ2) is 8.18. The van der Waals surface area contributed by atoms with Crippen LogP contribution in [0.3, 0.4) is 0 Å². The second-order valence-electron chi connectivity index (χ2n) is 5.58. The third kappa shape index (κ3) is 4.20. The molecule has 128 valence electrons. The van der Waals surface area contributed by atoms with Crippen LogP contribution in [0.2, 0.25) is 0 Å². The molecule has 0 radical (unpaired) electrons. The van der Waals surface area contributed by atoms with Crippen LogP contribution in [0, 0.1) is 0 Å². The van der Waals surface area contributed by atoms with Gasteiger partial charge in [-0.15, -0.1) is 0 Å². The Morgan fingerprint density at radius 1 is 0.769 bits per heavy atom. The van der Waals surface area contributed by atoms with E-state index in [4.69, 9.17) is 18.0 Å². The molecule has 0 heterocycles. The average molecular weight is 359 g/mol. The first-order valence-corrected chi connectivity index (χ1v) is 8.45. The van der Waals surface area contributed by atoms with Crippen molar-refractivity contribution in [3.63, 3.8) is 0 Å². The molecule has 0 amide bonds. The zero-order valence-electron chi connectivity index (χ0n) is 13.9. The third-order valence-electron chi connectivity index (χ3n) is 3.76. The normalized spacial score (nSPS) is 11.0. The summed E-state index contributed by atoms with van der Waals surface area (Å²) in [6, 6.07) is 26.2. The SMILES string of the molecule is NC(=S)N/N=C(/c1ccccc1)c1cccc(C(=O)c2ccccc2)c1. The summed E-state index contributed by atoms with van der Waals surface area (Å²) in [6.45, 7) is 0. The molecule has 0 aromatic heterocycles. The van der Waals surface area contributed by atoms with E-state index in [-0.39, 0.29) is 10.9 Å². The van der Waals surface area contributed by atoms with Crippen molar-refractivity contribution >= 4 is 28.8 Å². The number of hydrogen-bond donors (Lipinski definition) is 2. The fraction of sp³-hybridized carbons (Fsp3) is 0. The molecular formula is C21H17N3OS. The molecule has 0 saturated carbocycles. The highest BCUT2D eigenvalue weighted by atomic mass is 32.1. The summed E-state index contributed by atoms with van der Waals surface area (Å²) in [7, 11) is 0. The maximum Gasteiger partial charge on any atom is 0.193 e. The molecule has 0 bridgehead atoms. The van der Waals surface area contributed by atoms with Crippen molar-refractivity contribution in [2.45, 2.75) is 0 Å². The first kappa shape index (κ1) is 17.5. The van der Waals surface area contributed by atoms with Crippen LogP contribution >= 0.6 is 12.2 Å². The Hall–Kier alpha value is -3.31. The van der Waals surface area contributed by atoms with Gasteiger partial charge in [0, 0.05) is 22.3 Å². The van der Waals surface area contributed by atoms with Crippen molar-refractivity contribution in [2.24, 2.45) is 10.8 Å². The van der Waals surface area contributed by atoms with Gasteiger partial charge in [0.25, 0.3) is 0 Å². The van der Waals surface area contributed by atoms with Crippen molar-refractivity contribution in [1.82, 2.24) is 5.43 Å². The largest absolute Gasteiger partial charge is 0.375 e. The summed E-state index contributed by atoms with van der Waals surface area (Å²) >= 11 is 4.85. The Labute approximate surface area is 157 Å². The van der Waals surface area contributed by atoms with Crippen molar-refractivity contribution in [3.05, 3.63) is 107 Å². The topological polar surface area (TPSA) is 67.5 Å². The van der Waals surface area contributed by atoms with Crippen LogP contribution in [0.15, 0.2) is 90.0 Å². The molecule has 3 aromatic rings. The maximum atomic E-state index is 12.7. The summed E-state index contributed by atoms with van der Waals surface area (Å²) in [5.74, 6) is -0.0397. The number of thiocarbonyl (C=S) groups is 1. The molecule has 0 aliphatic rings. The fourth-order valence-corrected chi connectivity index (χ4v) is 2.61. The molecule has 3 N–H and O–H groups in total. The Morgan fingerprint density at radius 3 is 1.92 bits per heavy atom. The highest BCUT2D eigenvalue weighted by molar-refractivity contribution is 7.80. The average Bonchev–Trinajstić information content (AvgIpc) is 2.69. The minimum Gasteiger partial charge on any atom is -0.375 e. The summed E-state index contributed by atoms with van der Waals surface area (Å²) in [5, 5.41) is 4.40. The number of hydrazone groups is 1. The molecule has 0 atom stereocenters. The number of nitrogens with one attached hydrogen (secondary N) is 1. The number of nitrogens with two attached hydrogens (primary N) is 1. The Balaban J connectivity index is 2.02. The molecule has 3 rings (SSSR count). The van der Waals surface area contributed by atoms with Gasteiger partial charge in [-0.1, -0.05) is 78.9 Å². The minimum atomic E-state index is -0.0397. The number of hydrogen-bond acceptors (Lipinski definition) is 3. The number of carbonyl (C=O) groups is 1. The predicted octanol–water partition coefficient (Wildman–Crippen LogP) is 3.50. The minimum absolute atomic E-state index is 0.0397. The molecular weight excluding hydrogens is 342 g/mol. The van der Waals surface area contributed by atoms with Crippen LogP contribution < -0.4 is 11.2 Å².